The van der Waals surface area contributed by atoms with Gasteiger partial charge in [-0.3, -0.25) is 0 Å². The summed E-state index contributed by atoms with van der Waals surface area (Å²) in [6.07, 6.45) is 2.46. The molecule has 1 aliphatic rings. The second-order valence-electron chi connectivity index (χ2n) is 4.96. The molecule has 0 radical (unpaired) electrons. The first-order valence-corrected chi connectivity index (χ1v) is 7.35. The lowest BCUT2D eigenvalue weighted by atomic mass is 10.2. The molecule has 3 aromatic rings. The molecule has 4 rings (SSSR count). The second-order valence-corrected chi connectivity index (χ2v) is 6.05. The topological polar surface area (TPSA) is 51.0 Å². The third kappa shape index (κ3) is 2.32. The number of rotatable bonds is 4. The average molecular weight is 289 g/mol. The molecule has 20 heavy (non-hydrogen) atoms. The van der Waals surface area contributed by atoms with Gasteiger partial charge in [0, 0.05) is 10.7 Å². The number of benzene rings is 1. The first kappa shape index (κ1) is 12.0. The number of aromatic nitrogens is 2. The number of hydrogen-bond acceptors (Lipinski definition) is 5. The van der Waals surface area contributed by atoms with Crippen LogP contribution >= 0.6 is 11.3 Å². The van der Waals surface area contributed by atoms with Crippen molar-refractivity contribution in [2.45, 2.75) is 25.4 Å². The molecular formula is C14H12FN3OS. The fraction of sp³-hybridized carbons (Fsp3) is 0.286. The first-order chi connectivity index (χ1) is 9.78. The smallest absolute Gasteiger partial charge is 0.268 e. The molecule has 1 aliphatic carbocycles. The van der Waals surface area contributed by atoms with Crippen molar-refractivity contribution in [2.75, 3.05) is 0 Å². The molecule has 4 nitrogen and oxygen atoms in total. The molecule has 2 aromatic heterocycles. The molecule has 2 heterocycles. The van der Waals surface area contributed by atoms with Crippen LogP contribution < -0.4 is 5.32 Å². The largest absolute Gasteiger partial charge is 0.333 e. The maximum absolute atomic E-state index is 13.2. The van der Waals surface area contributed by atoms with Crippen LogP contribution in [0, 0.1) is 5.82 Å². The van der Waals surface area contributed by atoms with Crippen LogP contribution in [0.15, 0.2) is 28.8 Å². The highest BCUT2D eigenvalue weighted by atomic mass is 32.1. The van der Waals surface area contributed by atoms with Gasteiger partial charge in [-0.25, -0.2) is 4.39 Å². The zero-order valence-electron chi connectivity index (χ0n) is 10.6. The van der Waals surface area contributed by atoms with E-state index in [-0.39, 0.29) is 5.82 Å². The summed E-state index contributed by atoms with van der Waals surface area (Å²) in [5.41, 5.74) is 0. The fourth-order valence-corrected chi connectivity index (χ4v) is 3.07. The molecule has 6 heteroatoms. The number of thiophene rings is 1. The Balaban J connectivity index is 1.60. The molecule has 0 spiro atoms. The normalized spacial score (nSPS) is 15.1. The van der Waals surface area contributed by atoms with Crippen LogP contribution in [-0.2, 0) is 6.54 Å². The van der Waals surface area contributed by atoms with Crippen molar-refractivity contribution in [1.82, 2.24) is 15.5 Å². The van der Waals surface area contributed by atoms with Crippen molar-refractivity contribution in [2.24, 2.45) is 0 Å². The predicted octanol–water partition coefficient (Wildman–Crippen LogP) is 3.34. The average Bonchev–Trinajstić information content (AvgIpc) is 2.99. The van der Waals surface area contributed by atoms with E-state index < -0.39 is 0 Å². The van der Waals surface area contributed by atoms with Crippen LogP contribution in [0.25, 0.3) is 20.9 Å². The van der Waals surface area contributed by atoms with Crippen molar-refractivity contribution in [3.8, 4) is 10.8 Å². The Labute approximate surface area is 118 Å². The van der Waals surface area contributed by atoms with Crippen LogP contribution in [0.1, 0.15) is 18.7 Å². The van der Waals surface area contributed by atoms with E-state index in [1.54, 1.807) is 6.07 Å². The summed E-state index contributed by atoms with van der Waals surface area (Å²) >= 11 is 1.46. The maximum atomic E-state index is 13.2. The van der Waals surface area contributed by atoms with Gasteiger partial charge in [0.2, 0.25) is 0 Å². The molecule has 0 unspecified atom stereocenters. The molecule has 1 fully saturated rings. The van der Waals surface area contributed by atoms with E-state index in [1.165, 1.54) is 36.3 Å². The molecule has 0 saturated heterocycles. The van der Waals surface area contributed by atoms with Crippen molar-refractivity contribution >= 4 is 21.4 Å². The van der Waals surface area contributed by atoms with E-state index in [9.17, 15) is 4.39 Å². The van der Waals surface area contributed by atoms with E-state index in [0.717, 1.165) is 15.0 Å². The van der Waals surface area contributed by atoms with Crippen molar-refractivity contribution < 1.29 is 8.91 Å². The van der Waals surface area contributed by atoms with E-state index in [4.69, 9.17) is 4.52 Å². The van der Waals surface area contributed by atoms with E-state index in [0.29, 0.717) is 24.3 Å². The van der Waals surface area contributed by atoms with Gasteiger partial charge in [0.25, 0.3) is 5.89 Å². The monoisotopic (exact) mass is 289 g/mol. The Kier molecular flexibility index (Phi) is 2.78. The van der Waals surface area contributed by atoms with E-state index >= 15 is 0 Å². The molecular weight excluding hydrogens is 277 g/mol. The molecule has 1 N–H and O–H groups in total. The van der Waals surface area contributed by atoms with E-state index in [1.807, 2.05) is 6.07 Å². The lowest BCUT2D eigenvalue weighted by molar-refractivity contribution is 0.420. The molecule has 102 valence electrons. The number of nitrogens with one attached hydrogen (secondary N) is 1. The summed E-state index contributed by atoms with van der Waals surface area (Å²) in [6, 6.07) is 7.30. The SMILES string of the molecule is Fc1ccc2cc(-c3nc(CNC4CC4)no3)sc2c1. The van der Waals surface area contributed by atoms with Gasteiger partial charge in [0.15, 0.2) is 5.82 Å². The lowest BCUT2D eigenvalue weighted by Crippen LogP contribution is -2.16. The Bertz CT molecular complexity index is 763. The summed E-state index contributed by atoms with van der Waals surface area (Å²) in [4.78, 5) is 5.25. The third-order valence-electron chi connectivity index (χ3n) is 3.29. The number of halogens is 1. The van der Waals surface area contributed by atoms with Gasteiger partial charge in [-0.15, -0.1) is 11.3 Å². The highest BCUT2D eigenvalue weighted by molar-refractivity contribution is 7.22. The van der Waals surface area contributed by atoms with Gasteiger partial charge in [0.1, 0.15) is 5.82 Å². The van der Waals surface area contributed by atoms with Crippen LogP contribution in [0.4, 0.5) is 4.39 Å². The van der Waals surface area contributed by atoms with Gasteiger partial charge >= 0.3 is 0 Å². The van der Waals surface area contributed by atoms with Crippen LogP contribution in [0.3, 0.4) is 0 Å². The first-order valence-electron chi connectivity index (χ1n) is 6.53. The standard InChI is InChI=1S/C14H12FN3OS/c15-9-2-1-8-5-12(20-11(8)6-9)14-17-13(18-19-14)7-16-10-3-4-10/h1-2,5-6,10,16H,3-4,7H2. The van der Waals surface area contributed by atoms with Crippen molar-refractivity contribution in [1.29, 1.82) is 0 Å². The minimum atomic E-state index is -0.231. The molecule has 0 amide bonds. The Hall–Kier alpha value is -1.79. The molecule has 0 bridgehead atoms. The molecule has 1 saturated carbocycles. The third-order valence-corrected chi connectivity index (χ3v) is 4.37. The quantitative estimate of drug-likeness (QED) is 0.800. The molecule has 0 aliphatic heterocycles. The summed E-state index contributed by atoms with van der Waals surface area (Å²) in [5.74, 6) is 0.931. The van der Waals surface area contributed by atoms with Crippen LogP contribution in [0.5, 0.6) is 0 Å². The Morgan fingerprint density at radius 3 is 3.10 bits per heavy atom. The zero-order valence-corrected chi connectivity index (χ0v) is 11.4. The minimum Gasteiger partial charge on any atom is -0.333 e. The van der Waals surface area contributed by atoms with Gasteiger partial charge in [-0.2, -0.15) is 4.98 Å². The van der Waals surface area contributed by atoms with Crippen LogP contribution in [-0.4, -0.2) is 16.2 Å². The highest BCUT2D eigenvalue weighted by Crippen LogP contribution is 2.33. The Morgan fingerprint density at radius 1 is 1.35 bits per heavy atom. The lowest BCUT2D eigenvalue weighted by Gasteiger charge is -1.94. The van der Waals surface area contributed by atoms with Crippen molar-refractivity contribution in [3.63, 3.8) is 0 Å². The molecule has 1 aromatic carbocycles. The minimum absolute atomic E-state index is 0.231. The predicted molar refractivity (Wildman–Crippen MR) is 74.9 cm³/mol. The zero-order chi connectivity index (χ0) is 13.5. The van der Waals surface area contributed by atoms with Gasteiger partial charge in [-0.05, 0) is 36.4 Å². The Morgan fingerprint density at radius 2 is 2.25 bits per heavy atom. The maximum Gasteiger partial charge on any atom is 0.268 e. The highest BCUT2D eigenvalue weighted by Gasteiger charge is 2.21. The van der Waals surface area contributed by atoms with Crippen molar-refractivity contribution in [3.05, 3.63) is 35.9 Å². The summed E-state index contributed by atoms with van der Waals surface area (Å²) in [6.45, 7) is 0.633. The fourth-order valence-electron chi connectivity index (χ4n) is 2.06. The van der Waals surface area contributed by atoms with E-state index in [2.05, 4.69) is 15.5 Å². The summed E-state index contributed by atoms with van der Waals surface area (Å²) < 4.78 is 19.3. The summed E-state index contributed by atoms with van der Waals surface area (Å²) in [7, 11) is 0. The van der Waals surface area contributed by atoms with Crippen LogP contribution in [0.2, 0.25) is 0 Å². The van der Waals surface area contributed by atoms with Gasteiger partial charge in [-0.1, -0.05) is 11.2 Å². The number of fused-ring (bicyclic) bond motifs is 1. The van der Waals surface area contributed by atoms with Gasteiger partial charge in [0.05, 0.1) is 11.4 Å². The second kappa shape index (κ2) is 4.64. The number of nitrogens with zero attached hydrogens (tertiary/aromatic N) is 2. The molecule has 0 atom stereocenters. The van der Waals surface area contributed by atoms with Gasteiger partial charge < -0.3 is 9.84 Å². The summed E-state index contributed by atoms with van der Waals surface area (Å²) in [5, 5.41) is 8.29. The number of hydrogen-bond donors (Lipinski definition) is 1.